The summed E-state index contributed by atoms with van der Waals surface area (Å²) in [6.45, 7) is 2.12. The van der Waals surface area contributed by atoms with Crippen LogP contribution in [0.15, 0.2) is 57.9 Å². The maximum atomic E-state index is 12.0. The zero-order valence-electron chi connectivity index (χ0n) is 14.6. The van der Waals surface area contributed by atoms with Gasteiger partial charge in [0, 0.05) is 31.7 Å². The van der Waals surface area contributed by atoms with Gasteiger partial charge in [-0.25, -0.2) is 12.7 Å². The number of sulfonamides is 1. The van der Waals surface area contributed by atoms with Crippen molar-refractivity contribution >= 4 is 26.0 Å². The van der Waals surface area contributed by atoms with Crippen molar-refractivity contribution in [1.82, 2.24) is 9.21 Å². The van der Waals surface area contributed by atoms with Crippen molar-refractivity contribution in [2.45, 2.75) is 11.4 Å². The van der Waals surface area contributed by atoms with E-state index >= 15 is 0 Å². The summed E-state index contributed by atoms with van der Waals surface area (Å²) in [5.41, 5.74) is 1.23. The number of likely N-dealkylation sites (N-methyl/N-ethyl adjacent to an activating group) is 1. The van der Waals surface area contributed by atoms with Crippen LogP contribution in [0, 0.1) is 0 Å². The fourth-order valence-electron chi connectivity index (χ4n) is 2.23. The second-order valence-electron chi connectivity index (χ2n) is 5.94. The number of halogens is 1. The minimum atomic E-state index is -3.40. The Labute approximate surface area is 158 Å². The van der Waals surface area contributed by atoms with Crippen molar-refractivity contribution in [1.29, 1.82) is 0 Å². The molecule has 0 aliphatic carbocycles. The molecule has 0 aliphatic heterocycles. The van der Waals surface area contributed by atoms with Crippen molar-refractivity contribution in [3.05, 3.63) is 58.6 Å². The highest BCUT2D eigenvalue weighted by atomic mass is 79.9. The van der Waals surface area contributed by atoms with Crippen molar-refractivity contribution in [2.75, 3.05) is 34.3 Å². The highest BCUT2D eigenvalue weighted by molar-refractivity contribution is 9.10. The van der Waals surface area contributed by atoms with Gasteiger partial charge in [-0.1, -0.05) is 34.1 Å². The smallest absolute Gasteiger partial charge is 0.242 e. The Morgan fingerprint density at radius 2 is 1.64 bits per heavy atom. The molecule has 0 heterocycles. The number of nitrogens with zero attached hydrogens (tertiary/aromatic N) is 2. The topological polar surface area (TPSA) is 49.9 Å². The third kappa shape index (κ3) is 5.54. The second kappa shape index (κ2) is 8.80. The van der Waals surface area contributed by atoms with Crippen LogP contribution in [0.1, 0.15) is 5.56 Å². The molecule has 2 rings (SSSR count). The summed E-state index contributed by atoms with van der Waals surface area (Å²) < 4.78 is 32.0. The number of rotatable bonds is 8. The first kappa shape index (κ1) is 19.9. The van der Waals surface area contributed by atoms with Crippen molar-refractivity contribution in [3.8, 4) is 5.75 Å². The van der Waals surface area contributed by atoms with E-state index < -0.39 is 10.0 Å². The molecule has 0 saturated carbocycles. The molecule has 0 aliphatic rings. The molecule has 0 N–H and O–H groups in total. The van der Waals surface area contributed by atoms with Crippen LogP contribution in [-0.2, 0) is 16.6 Å². The lowest BCUT2D eigenvalue weighted by Crippen LogP contribution is -2.24. The average Bonchev–Trinajstić information content (AvgIpc) is 2.57. The van der Waals surface area contributed by atoms with Gasteiger partial charge < -0.3 is 4.74 Å². The SMILES string of the molecule is CN(CCOc1ccc(S(=O)(=O)N(C)C)cc1)Cc1ccccc1Br. The van der Waals surface area contributed by atoms with Crippen LogP contribution in [0.4, 0.5) is 0 Å². The van der Waals surface area contributed by atoms with E-state index in [2.05, 4.69) is 26.9 Å². The van der Waals surface area contributed by atoms with Gasteiger partial charge in [-0.15, -0.1) is 0 Å². The third-order valence-corrected chi connectivity index (χ3v) is 6.35. The summed E-state index contributed by atoms with van der Waals surface area (Å²) in [7, 11) is 1.67. The zero-order chi connectivity index (χ0) is 18.4. The largest absolute Gasteiger partial charge is 0.492 e. The zero-order valence-corrected chi connectivity index (χ0v) is 17.0. The molecule has 0 unspecified atom stereocenters. The minimum absolute atomic E-state index is 0.260. The van der Waals surface area contributed by atoms with E-state index in [1.807, 2.05) is 25.2 Å². The van der Waals surface area contributed by atoms with Crippen molar-refractivity contribution < 1.29 is 13.2 Å². The number of hydrogen-bond acceptors (Lipinski definition) is 4. The van der Waals surface area contributed by atoms with E-state index in [1.54, 1.807) is 24.3 Å². The fraction of sp³-hybridized carbons (Fsp3) is 0.333. The Hall–Kier alpha value is -1.41. The summed E-state index contributed by atoms with van der Waals surface area (Å²) in [6, 6.07) is 14.6. The molecular formula is C18H23BrN2O3S. The fourth-order valence-corrected chi connectivity index (χ4v) is 3.55. The van der Waals surface area contributed by atoms with E-state index in [4.69, 9.17) is 4.74 Å². The summed E-state index contributed by atoms with van der Waals surface area (Å²) >= 11 is 3.55. The van der Waals surface area contributed by atoms with Crippen LogP contribution in [0.25, 0.3) is 0 Å². The van der Waals surface area contributed by atoms with Crippen LogP contribution in [0.3, 0.4) is 0 Å². The van der Waals surface area contributed by atoms with Gasteiger partial charge in [-0.3, -0.25) is 4.90 Å². The van der Waals surface area contributed by atoms with Gasteiger partial charge in [0.05, 0.1) is 4.90 Å². The molecule has 0 saturated heterocycles. The molecule has 136 valence electrons. The van der Waals surface area contributed by atoms with E-state index in [0.717, 1.165) is 17.6 Å². The predicted molar refractivity (Wildman–Crippen MR) is 103 cm³/mol. The van der Waals surface area contributed by atoms with Gasteiger partial charge in [-0.05, 0) is 42.9 Å². The third-order valence-electron chi connectivity index (χ3n) is 3.74. The maximum absolute atomic E-state index is 12.0. The molecular weight excluding hydrogens is 404 g/mol. The Balaban J connectivity index is 1.85. The van der Waals surface area contributed by atoms with Gasteiger partial charge in [0.2, 0.25) is 10.0 Å². The number of hydrogen-bond donors (Lipinski definition) is 0. The highest BCUT2D eigenvalue weighted by Gasteiger charge is 2.16. The van der Waals surface area contributed by atoms with E-state index in [-0.39, 0.29) is 4.90 Å². The van der Waals surface area contributed by atoms with E-state index in [1.165, 1.54) is 24.0 Å². The van der Waals surface area contributed by atoms with Crippen LogP contribution in [-0.4, -0.2) is 51.9 Å². The van der Waals surface area contributed by atoms with Crippen molar-refractivity contribution in [2.24, 2.45) is 0 Å². The van der Waals surface area contributed by atoms with Crippen LogP contribution >= 0.6 is 15.9 Å². The molecule has 0 aromatic heterocycles. The molecule has 0 fully saturated rings. The Kier molecular flexibility index (Phi) is 7.01. The summed E-state index contributed by atoms with van der Waals surface area (Å²) in [5.74, 6) is 0.659. The summed E-state index contributed by atoms with van der Waals surface area (Å²) in [6.07, 6.45) is 0. The van der Waals surface area contributed by atoms with Gasteiger partial charge in [0.25, 0.3) is 0 Å². The molecule has 0 radical (unpaired) electrons. The lowest BCUT2D eigenvalue weighted by molar-refractivity contribution is 0.232. The Bertz CT molecular complexity index is 792. The standard InChI is InChI=1S/C18H23BrN2O3S/c1-20(2)25(22,23)17-10-8-16(9-11-17)24-13-12-21(3)14-15-6-4-5-7-18(15)19/h4-11H,12-14H2,1-3H3. The molecule has 25 heavy (non-hydrogen) atoms. The molecule has 2 aromatic rings. The van der Waals surface area contributed by atoms with Gasteiger partial charge >= 0.3 is 0 Å². The first-order valence-electron chi connectivity index (χ1n) is 7.88. The lowest BCUT2D eigenvalue weighted by atomic mass is 10.2. The van der Waals surface area contributed by atoms with Gasteiger partial charge in [-0.2, -0.15) is 0 Å². The minimum Gasteiger partial charge on any atom is -0.492 e. The van der Waals surface area contributed by atoms with E-state index in [0.29, 0.717) is 12.4 Å². The number of ether oxygens (including phenoxy) is 1. The summed E-state index contributed by atoms with van der Waals surface area (Å²) in [4.78, 5) is 2.43. The van der Waals surface area contributed by atoms with Crippen LogP contribution < -0.4 is 4.74 Å². The highest BCUT2D eigenvalue weighted by Crippen LogP contribution is 2.19. The normalized spacial score (nSPS) is 11.9. The molecule has 2 aromatic carbocycles. The first-order valence-corrected chi connectivity index (χ1v) is 10.1. The first-order chi connectivity index (χ1) is 11.8. The van der Waals surface area contributed by atoms with E-state index in [9.17, 15) is 8.42 Å². The lowest BCUT2D eigenvalue weighted by Gasteiger charge is -2.18. The molecule has 0 spiro atoms. The molecule has 0 atom stereocenters. The molecule has 0 bridgehead atoms. The molecule has 0 amide bonds. The molecule has 5 nitrogen and oxygen atoms in total. The average molecular weight is 427 g/mol. The maximum Gasteiger partial charge on any atom is 0.242 e. The van der Waals surface area contributed by atoms with Crippen molar-refractivity contribution in [3.63, 3.8) is 0 Å². The predicted octanol–water partition coefficient (Wildman–Crippen LogP) is 3.21. The van der Waals surface area contributed by atoms with Gasteiger partial charge in [0.15, 0.2) is 0 Å². The Morgan fingerprint density at radius 3 is 2.24 bits per heavy atom. The quantitative estimate of drug-likeness (QED) is 0.649. The monoisotopic (exact) mass is 426 g/mol. The van der Waals surface area contributed by atoms with Crippen LogP contribution in [0.5, 0.6) is 5.75 Å². The number of benzene rings is 2. The summed E-state index contributed by atoms with van der Waals surface area (Å²) in [5, 5.41) is 0. The second-order valence-corrected chi connectivity index (χ2v) is 8.94. The van der Waals surface area contributed by atoms with Gasteiger partial charge in [0.1, 0.15) is 12.4 Å². The molecule has 7 heteroatoms. The van der Waals surface area contributed by atoms with Crippen LogP contribution in [0.2, 0.25) is 0 Å². The Morgan fingerprint density at radius 1 is 1.00 bits per heavy atom.